The van der Waals surface area contributed by atoms with Crippen LogP contribution in [-0.2, 0) is 14.8 Å². The van der Waals surface area contributed by atoms with E-state index < -0.39 is 16.1 Å². The molecule has 2 aromatic rings. The minimum atomic E-state index is -3.45. The Kier molecular flexibility index (Phi) is 7.28. The van der Waals surface area contributed by atoms with Crippen LogP contribution >= 0.6 is 0 Å². The number of hydrogen-bond acceptors (Lipinski definition) is 4. The summed E-state index contributed by atoms with van der Waals surface area (Å²) in [6, 6.07) is 14.4. The van der Waals surface area contributed by atoms with E-state index in [4.69, 9.17) is 0 Å². The molecule has 162 valence electrons. The molecule has 0 aliphatic carbocycles. The maximum Gasteiger partial charge on any atom is 0.243 e. The lowest BCUT2D eigenvalue weighted by molar-refractivity contribution is -0.118. The second-order valence-electron chi connectivity index (χ2n) is 7.88. The third-order valence-electron chi connectivity index (χ3n) is 5.56. The quantitative estimate of drug-likeness (QED) is 0.668. The number of carbonyl (C=O) groups excluding carboxylic acids is 1. The minimum Gasteiger partial charge on any atom is -0.325 e. The molecule has 7 heteroatoms. The molecule has 1 aliphatic rings. The summed E-state index contributed by atoms with van der Waals surface area (Å²) in [6.07, 6.45) is 2.67. The first-order chi connectivity index (χ1) is 14.3. The lowest BCUT2D eigenvalue weighted by atomic mass is 10.0. The molecule has 0 unspecified atom stereocenters. The standard InChI is InChI=1S/C23H31N3O3S/c1-4-22(19-9-7-17(2)8-10-19)24-18(3)23(27)25-20-11-13-21(14-12-20)30(28,29)26-15-5-6-16-26/h7-14,18,22,24H,4-6,15-16H2,1-3H3,(H,25,27)/t18-,22+/m1/s1. The van der Waals surface area contributed by atoms with Crippen molar-refractivity contribution in [1.29, 1.82) is 0 Å². The average Bonchev–Trinajstić information content (AvgIpc) is 3.29. The number of benzene rings is 2. The minimum absolute atomic E-state index is 0.0827. The van der Waals surface area contributed by atoms with E-state index >= 15 is 0 Å². The van der Waals surface area contributed by atoms with Gasteiger partial charge in [-0.15, -0.1) is 0 Å². The summed E-state index contributed by atoms with van der Waals surface area (Å²) >= 11 is 0. The predicted octanol–water partition coefficient (Wildman–Crippen LogP) is 3.85. The highest BCUT2D eigenvalue weighted by Gasteiger charge is 2.27. The van der Waals surface area contributed by atoms with E-state index in [-0.39, 0.29) is 16.8 Å². The van der Waals surface area contributed by atoms with Crippen LogP contribution in [0.3, 0.4) is 0 Å². The second kappa shape index (κ2) is 9.73. The molecule has 3 rings (SSSR count). The topological polar surface area (TPSA) is 78.5 Å². The van der Waals surface area contributed by atoms with Crippen molar-refractivity contribution >= 4 is 21.6 Å². The lowest BCUT2D eigenvalue weighted by Crippen LogP contribution is -2.40. The van der Waals surface area contributed by atoms with Gasteiger partial charge in [0.25, 0.3) is 0 Å². The monoisotopic (exact) mass is 429 g/mol. The number of nitrogens with zero attached hydrogens (tertiary/aromatic N) is 1. The summed E-state index contributed by atoms with van der Waals surface area (Å²) in [5, 5.41) is 6.25. The smallest absolute Gasteiger partial charge is 0.243 e. The zero-order chi connectivity index (χ0) is 21.7. The van der Waals surface area contributed by atoms with Crippen molar-refractivity contribution in [3.63, 3.8) is 0 Å². The third kappa shape index (κ3) is 5.28. The first kappa shape index (κ1) is 22.5. The molecule has 1 fully saturated rings. The molecule has 2 atom stereocenters. The SMILES string of the molecule is CC[C@H](N[C@H](C)C(=O)Nc1ccc(S(=O)(=O)N2CCCC2)cc1)c1ccc(C)cc1. The number of nitrogens with one attached hydrogen (secondary N) is 2. The zero-order valence-electron chi connectivity index (χ0n) is 17.9. The fraction of sp³-hybridized carbons (Fsp3) is 0.435. The summed E-state index contributed by atoms with van der Waals surface area (Å²) in [7, 11) is -3.45. The van der Waals surface area contributed by atoms with Gasteiger partial charge in [0.2, 0.25) is 15.9 Å². The number of amides is 1. The number of hydrogen-bond donors (Lipinski definition) is 2. The zero-order valence-corrected chi connectivity index (χ0v) is 18.7. The molecule has 0 bridgehead atoms. The van der Waals surface area contributed by atoms with E-state index in [2.05, 4.69) is 48.7 Å². The van der Waals surface area contributed by atoms with Crippen molar-refractivity contribution < 1.29 is 13.2 Å². The van der Waals surface area contributed by atoms with Gasteiger partial charge < -0.3 is 5.32 Å². The first-order valence-electron chi connectivity index (χ1n) is 10.5. The van der Waals surface area contributed by atoms with E-state index in [0.29, 0.717) is 18.8 Å². The van der Waals surface area contributed by atoms with Crippen LogP contribution in [0, 0.1) is 6.92 Å². The Bertz CT molecular complexity index is 950. The highest BCUT2D eigenvalue weighted by atomic mass is 32.2. The number of sulfonamides is 1. The summed E-state index contributed by atoms with van der Waals surface area (Å²) in [5.41, 5.74) is 2.94. The molecule has 1 amide bonds. The van der Waals surface area contributed by atoms with Gasteiger partial charge in [-0.25, -0.2) is 8.42 Å². The molecule has 0 radical (unpaired) electrons. The maximum absolute atomic E-state index is 12.6. The van der Waals surface area contributed by atoms with Gasteiger partial charge in [0.15, 0.2) is 0 Å². The Morgan fingerprint density at radius 1 is 1.03 bits per heavy atom. The van der Waals surface area contributed by atoms with E-state index in [1.165, 1.54) is 9.87 Å². The number of aryl methyl sites for hydroxylation is 1. The number of rotatable bonds is 8. The molecule has 2 N–H and O–H groups in total. The molecule has 0 spiro atoms. The van der Waals surface area contributed by atoms with Gasteiger partial charge in [0.05, 0.1) is 10.9 Å². The molecule has 0 aromatic heterocycles. The van der Waals surface area contributed by atoms with Crippen LogP contribution < -0.4 is 10.6 Å². The summed E-state index contributed by atoms with van der Waals surface area (Å²) in [6.45, 7) is 7.11. The fourth-order valence-corrected chi connectivity index (χ4v) is 5.18. The summed E-state index contributed by atoms with van der Waals surface area (Å²) in [5.74, 6) is -0.157. The summed E-state index contributed by atoms with van der Waals surface area (Å²) in [4.78, 5) is 12.9. The number of carbonyl (C=O) groups is 1. The van der Waals surface area contributed by atoms with Crippen LogP contribution in [0.25, 0.3) is 0 Å². The van der Waals surface area contributed by atoms with E-state index in [1.54, 1.807) is 24.3 Å². The van der Waals surface area contributed by atoms with Gasteiger partial charge in [0, 0.05) is 24.8 Å². The van der Waals surface area contributed by atoms with Crippen molar-refractivity contribution in [2.45, 2.75) is 57.0 Å². The third-order valence-corrected chi connectivity index (χ3v) is 7.47. The normalized spacial score (nSPS) is 16.9. The Morgan fingerprint density at radius 2 is 1.63 bits per heavy atom. The molecule has 6 nitrogen and oxygen atoms in total. The van der Waals surface area contributed by atoms with Crippen LogP contribution in [0.5, 0.6) is 0 Å². The largest absolute Gasteiger partial charge is 0.325 e. The molecule has 1 aliphatic heterocycles. The van der Waals surface area contributed by atoms with Gasteiger partial charge in [0.1, 0.15) is 0 Å². The van der Waals surface area contributed by atoms with Crippen molar-refractivity contribution in [1.82, 2.24) is 9.62 Å². The van der Waals surface area contributed by atoms with Crippen LogP contribution in [0.1, 0.15) is 50.3 Å². The predicted molar refractivity (Wildman–Crippen MR) is 120 cm³/mol. The van der Waals surface area contributed by atoms with Crippen molar-refractivity contribution in [2.24, 2.45) is 0 Å². The van der Waals surface area contributed by atoms with Gasteiger partial charge in [-0.1, -0.05) is 36.8 Å². The molecule has 2 aromatic carbocycles. The Balaban J connectivity index is 1.61. The lowest BCUT2D eigenvalue weighted by Gasteiger charge is -2.22. The molecule has 30 heavy (non-hydrogen) atoms. The average molecular weight is 430 g/mol. The first-order valence-corrected chi connectivity index (χ1v) is 12.0. The van der Waals surface area contributed by atoms with Crippen molar-refractivity contribution in [2.75, 3.05) is 18.4 Å². The highest BCUT2D eigenvalue weighted by Crippen LogP contribution is 2.22. The van der Waals surface area contributed by atoms with Crippen LogP contribution in [0.2, 0.25) is 0 Å². The molecule has 0 saturated carbocycles. The summed E-state index contributed by atoms with van der Waals surface area (Å²) < 4.78 is 26.7. The Morgan fingerprint density at radius 3 is 2.20 bits per heavy atom. The second-order valence-corrected chi connectivity index (χ2v) is 9.82. The molecule has 1 heterocycles. The van der Waals surface area contributed by atoms with Crippen LogP contribution in [0.15, 0.2) is 53.4 Å². The molecular formula is C23H31N3O3S. The van der Waals surface area contributed by atoms with Gasteiger partial charge in [-0.3, -0.25) is 10.1 Å². The fourth-order valence-electron chi connectivity index (χ4n) is 3.66. The van der Waals surface area contributed by atoms with Crippen molar-refractivity contribution in [3.05, 3.63) is 59.7 Å². The molecule has 1 saturated heterocycles. The molecular weight excluding hydrogens is 398 g/mol. The van der Waals surface area contributed by atoms with Crippen LogP contribution in [0.4, 0.5) is 5.69 Å². The van der Waals surface area contributed by atoms with Crippen molar-refractivity contribution in [3.8, 4) is 0 Å². The van der Waals surface area contributed by atoms with Gasteiger partial charge >= 0.3 is 0 Å². The Hall–Kier alpha value is -2.22. The Labute approximate surface area is 179 Å². The van der Waals surface area contributed by atoms with Gasteiger partial charge in [-0.2, -0.15) is 4.31 Å². The number of anilines is 1. The van der Waals surface area contributed by atoms with E-state index in [0.717, 1.165) is 24.8 Å². The van der Waals surface area contributed by atoms with Gasteiger partial charge in [-0.05, 0) is 62.9 Å². The van der Waals surface area contributed by atoms with E-state index in [9.17, 15) is 13.2 Å². The van der Waals surface area contributed by atoms with Crippen LogP contribution in [-0.4, -0.2) is 37.8 Å². The van der Waals surface area contributed by atoms with E-state index in [1.807, 2.05) is 6.92 Å². The highest BCUT2D eigenvalue weighted by molar-refractivity contribution is 7.89. The maximum atomic E-state index is 12.6.